The number of amides is 5. The first-order valence-electron chi connectivity index (χ1n) is 44.1. The van der Waals surface area contributed by atoms with E-state index in [1.54, 1.807) is 26.0 Å². The van der Waals surface area contributed by atoms with Gasteiger partial charge in [0.1, 0.15) is 37.9 Å². The standard InChI is InChI=1S/C19H20F3NO4.C13H15NO3.C11H16F3NO3.C10H13F3O2.C9H13F3O3.C9H11F3O2.C7H8F3I.C7H9F3O.C6H7F3O3.C4H8O2.C2H6O/c1-2-6-14(19(20,21)22)9-10-16(24)17(25)23-15(12-27-18(23)26)11-13-7-4-3-5-8-13;1-2-12(15)14-11(9-17-13(14)16)8-10-6-4-3-5-7-10;1-4-5-8(11(12,13)14)6-7-9(16)10(17)15(2)18-3;1-3-4-8(10(11,12)13)5-6-9(15)7(2)14;1-3-5-8(14,9(10,11)12)6-7(13)15-4-2;1-3-5-7(9(10,11)12)6-8(13)14-4-2;2*1-2-3-6(4-5-11)7(8,9)10;1-2-12-5(11)3-4(10)6(7,8)9;5-4-2-1-3-6-4;1-2-3/h2-5,7-9,15-16,24H,1,6,10-12H2;3-7,11H,2,8-9H2,1H3;4,6,9,16H,1,5,7H2,2-3H3;3,5,9,15H,1,4,6H2,2H3;3,14H,1,4-6H2,2H3;3,6H,1,4-5H2,2H3;2,4H,1,3,5H2;2,4,11H,1,3,5H2;2-3H2,1H3;4-5H,1-3H2;3H,2H2,1H3/b14-9+;;8-6+;8-5+;;7-6+;2*6-4+;;;/t15-,16+;11-;2*9-;;;;;;;/m1100......./s1. The molecule has 2 aromatic carbocycles. The Kier molecular flexibility index (Phi) is 77.8. The molecule has 5 amide bonds. The number of Topliss-reactive ketones (excluding diaryl/α,β-unsaturated/α-hetero) is 2. The number of imide groups is 2. The Balaban J connectivity index is -0.000000387. The minimum Gasteiger partial charge on any atom is -0.466 e. The van der Waals surface area contributed by atoms with Crippen LogP contribution in [0.25, 0.3) is 0 Å². The number of nitrogens with zero attached hydrogens (tertiary/aromatic N) is 3. The van der Waals surface area contributed by atoms with E-state index in [2.05, 4.69) is 65.1 Å². The second-order valence-corrected chi connectivity index (χ2v) is 30.5. The van der Waals surface area contributed by atoms with Crippen LogP contribution in [0.15, 0.2) is 219 Å². The Bertz CT molecular complexity index is 4510. The van der Waals surface area contributed by atoms with Gasteiger partial charge in [-0.25, -0.2) is 29.2 Å². The highest BCUT2D eigenvalue weighted by molar-refractivity contribution is 14.1. The molecule has 7 N–H and O–H groups in total. The highest BCUT2D eigenvalue weighted by Crippen LogP contribution is 2.38. The van der Waals surface area contributed by atoms with Crippen molar-refractivity contribution in [1.82, 2.24) is 14.9 Å². The minimum absolute atomic E-state index is 0.0269. The Morgan fingerprint density at radius 1 is 0.497 bits per heavy atom. The number of cyclic esters (lactones) is 2. The van der Waals surface area contributed by atoms with E-state index in [1.807, 2.05) is 71.1 Å². The molecule has 149 heavy (non-hydrogen) atoms. The number of carbonyl (C=O) groups is 10. The zero-order valence-electron chi connectivity index (χ0n) is 82.4. The molecular formula is C97H126F24IN3O24. The molecule has 3 aliphatic rings. The number of aliphatic hydroxyl groups excluding tert-OH is 6. The summed E-state index contributed by atoms with van der Waals surface area (Å²) in [6, 6.07) is 18.1. The van der Waals surface area contributed by atoms with Crippen LogP contribution in [-0.4, -0.2) is 273 Å². The van der Waals surface area contributed by atoms with Gasteiger partial charge in [0.25, 0.3) is 11.8 Å². The molecule has 0 spiro atoms. The van der Waals surface area contributed by atoms with Crippen molar-refractivity contribution in [3.63, 3.8) is 0 Å². The lowest BCUT2D eigenvalue weighted by molar-refractivity contribution is -0.261. The maximum Gasteiger partial charge on any atom is 0.450 e. The normalized spacial score (nSPS) is 15.9. The largest absolute Gasteiger partial charge is 0.466 e. The first kappa shape index (κ1) is 149. The molecule has 3 aliphatic heterocycles. The molecule has 3 fully saturated rings. The maximum atomic E-state index is 12.9. The Morgan fingerprint density at radius 3 is 1.15 bits per heavy atom. The molecule has 0 bridgehead atoms. The monoisotopic (exact) mass is 2300 g/mol. The van der Waals surface area contributed by atoms with Crippen LogP contribution in [0.5, 0.6) is 0 Å². The van der Waals surface area contributed by atoms with Crippen molar-refractivity contribution in [2.24, 2.45) is 0 Å². The van der Waals surface area contributed by atoms with Gasteiger partial charge in [-0.2, -0.15) is 105 Å². The molecule has 848 valence electrons. The zero-order chi connectivity index (χ0) is 117. The number of ketones is 2. The predicted octanol–water partition coefficient (Wildman–Crippen LogP) is 20.7. The van der Waals surface area contributed by atoms with Crippen LogP contribution >= 0.6 is 22.6 Å². The lowest BCUT2D eigenvalue weighted by atomic mass is 9.95. The quantitative estimate of drug-likeness (QED) is 0.00376. The lowest BCUT2D eigenvalue weighted by Gasteiger charge is -2.28. The van der Waals surface area contributed by atoms with E-state index in [4.69, 9.17) is 34.6 Å². The van der Waals surface area contributed by atoms with Crippen LogP contribution in [0.3, 0.4) is 0 Å². The summed E-state index contributed by atoms with van der Waals surface area (Å²) >= 11 is 1.87. The number of hydroxylamine groups is 2. The zero-order valence-corrected chi connectivity index (χ0v) is 84.6. The summed E-state index contributed by atoms with van der Waals surface area (Å²) in [6.45, 7) is 32.0. The third-order valence-corrected chi connectivity index (χ3v) is 18.4. The Morgan fingerprint density at radius 2 is 0.846 bits per heavy atom. The average Bonchev–Trinajstić information content (AvgIpc) is 1.23. The van der Waals surface area contributed by atoms with E-state index in [-0.39, 0.29) is 77.1 Å². The van der Waals surface area contributed by atoms with Crippen molar-refractivity contribution in [2.45, 2.75) is 242 Å². The average molecular weight is 2300 g/mol. The number of carbonyl (C=O) groups excluding carboxylic acids is 10. The third-order valence-electron chi connectivity index (χ3n) is 17.9. The van der Waals surface area contributed by atoms with E-state index in [0.717, 1.165) is 108 Å². The van der Waals surface area contributed by atoms with Gasteiger partial charge in [0.2, 0.25) is 11.7 Å². The summed E-state index contributed by atoms with van der Waals surface area (Å²) in [5.41, 5.74) is -5.89. The number of esters is 3. The molecule has 7 atom stereocenters. The van der Waals surface area contributed by atoms with E-state index in [9.17, 15) is 169 Å². The van der Waals surface area contributed by atoms with Crippen LogP contribution in [0, 0.1) is 0 Å². The number of aliphatic hydroxyl groups is 7. The second kappa shape index (κ2) is 78.1. The molecule has 2 aromatic rings. The summed E-state index contributed by atoms with van der Waals surface area (Å²) in [5.74, 6) is -7.81. The van der Waals surface area contributed by atoms with Crippen LogP contribution in [0.1, 0.15) is 149 Å². The van der Waals surface area contributed by atoms with E-state index < -0.39 is 224 Å². The molecule has 3 heterocycles. The number of hydrogen-bond acceptors (Lipinski definition) is 24. The van der Waals surface area contributed by atoms with Crippen LogP contribution in [0.2, 0.25) is 0 Å². The molecule has 0 radical (unpaired) electrons. The van der Waals surface area contributed by atoms with Gasteiger partial charge in [-0.05, 0) is 110 Å². The summed E-state index contributed by atoms with van der Waals surface area (Å²) in [6.07, 6.45) is -33.8. The number of likely N-dealkylation sites (N-methyl/N-ethyl adjacent to an activating group) is 1. The van der Waals surface area contributed by atoms with Gasteiger partial charge >= 0.3 is 79.5 Å². The number of rotatable bonds is 39. The van der Waals surface area contributed by atoms with Crippen LogP contribution < -0.4 is 0 Å². The van der Waals surface area contributed by atoms with Crippen molar-refractivity contribution < 1.29 is 222 Å². The molecule has 0 aromatic heterocycles. The summed E-state index contributed by atoms with van der Waals surface area (Å²) in [4.78, 5) is 118. The lowest BCUT2D eigenvalue weighted by Crippen LogP contribution is -2.46. The van der Waals surface area contributed by atoms with Gasteiger partial charge in [-0.1, -0.05) is 163 Å². The molecule has 2 unspecified atom stereocenters. The van der Waals surface area contributed by atoms with E-state index >= 15 is 0 Å². The van der Waals surface area contributed by atoms with Crippen molar-refractivity contribution in [3.05, 3.63) is 230 Å². The van der Waals surface area contributed by atoms with Gasteiger partial charge in [0.15, 0.2) is 17.7 Å². The highest BCUT2D eigenvalue weighted by atomic mass is 127. The van der Waals surface area contributed by atoms with Gasteiger partial charge < -0.3 is 64.2 Å². The van der Waals surface area contributed by atoms with E-state index in [0.29, 0.717) is 36.4 Å². The maximum absolute atomic E-state index is 12.9. The fraction of sp³-hybridized carbons (Fsp3) is 0.505. The van der Waals surface area contributed by atoms with Crippen molar-refractivity contribution in [2.75, 3.05) is 71.4 Å². The third kappa shape index (κ3) is 69.0. The van der Waals surface area contributed by atoms with Crippen molar-refractivity contribution in [3.8, 4) is 0 Å². The number of hydrogen-bond donors (Lipinski definition) is 7. The topological polar surface area (TPSA) is 387 Å². The van der Waals surface area contributed by atoms with Gasteiger partial charge in [-0.15, -0.1) is 46.1 Å². The molecular weight excluding hydrogens is 2170 g/mol. The number of halogens is 25. The summed E-state index contributed by atoms with van der Waals surface area (Å²) in [5, 5.41) is 62.7. The fourth-order valence-corrected chi connectivity index (χ4v) is 11.1. The fourth-order valence-electron chi connectivity index (χ4n) is 10.6. The molecule has 0 aliphatic carbocycles. The smallest absolute Gasteiger partial charge is 0.450 e. The molecule has 0 saturated carbocycles. The van der Waals surface area contributed by atoms with Crippen LogP contribution in [-0.2, 0) is 84.5 Å². The number of allylic oxidation sites excluding steroid dienone is 13. The highest BCUT2D eigenvalue weighted by Gasteiger charge is 2.54. The summed E-state index contributed by atoms with van der Waals surface area (Å²) in [7, 11) is 2.46. The SMILES string of the molecule is C=CC/C(=C\C(=O)OCC)C(F)(F)F.C=CC/C(=C\CI)C(F)(F)F.C=CC/C(=C\CO)C(F)(F)F.C=CC/C(=C\C[C@H](O)C(=O)N(C)OC)C(F)(F)F.C=CC/C(=C\C[C@H](O)C(=O)N1C(=O)OC[C@H]1Cc1ccccc1)C(F)(F)F.C=CC/C(=C\C[C@H](O)C(C)=O)C(F)(F)F.C=CCC(O)(CC(=O)OCC)C(F)(F)F.CCC(=O)N1C(=O)OC[C@H]1Cc1ccccc1.CCO.CCOC(=O)CC(=O)C(F)(F)F.OC1CCCO1. The summed E-state index contributed by atoms with van der Waals surface area (Å²) < 4.78 is 320. The predicted molar refractivity (Wildman–Crippen MR) is 507 cm³/mol. The van der Waals surface area contributed by atoms with Gasteiger partial charge in [0, 0.05) is 96.3 Å². The number of ether oxygens (including phenoxy) is 6. The number of alkyl halides is 25. The van der Waals surface area contributed by atoms with E-state index in [1.165, 1.54) is 52.0 Å². The Labute approximate surface area is 859 Å². The van der Waals surface area contributed by atoms with Gasteiger partial charge in [0.05, 0.1) is 52.0 Å². The minimum atomic E-state index is -4.95. The first-order valence-corrected chi connectivity index (χ1v) is 45.6. The molecule has 27 nitrogen and oxygen atoms in total. The molecule has 52 heteroatoms. The van der Waals surface area contributed by atoms with Crippen molar-refractivity contribution >= 4 is 82.0 Å². The van der Waals surface area contributed by atoms with Crippen LogP contribution in [0.4, 0.5) is 115 Å². The Hall–Kier alpha value is -11.2. The number of benzene rings is 2. The second-order valence-electron chi connectivity index (χ2n) is 29.6. The first-order chi connectivity index (χ1) is 68.9. The van der Waals surface area contributed by atoms with Gasteiger partial charge in [-0.3, -0.25) is 38.4 Å². The molecule has 3 saturated heterocycles. The van der Waals surface area contributed by atoms with Crippen molar-refractivity contribution in [1.29, 1.82) is 0 Å². The molecule has 5 rings (SSSR count).